The molecule has 0 aliphatic heterocycles. The summed E-state index contributed by atoms with van der Waals surface area (Å²) in [7, 11) is 0. The molecular weight excluding hydrogens is 342 g/mol. The average molecular weight is 354 g/mol. The highest BCUT2D eigenvalue weighted by Crippen LogP contribution is 2.32. The van der Waals surface area contributed by atoms with Crippen LogP contribution >= 0.6 is 34.3 Å². The smallest absolute Gasteiger partial charge is 0.261 e. The Hall–Kier alpha value is -1.60. The number of carbonyl (C=O) groups excluding carboxylic acids is 1. The molecule has 22 heavy (non-hydrogen) atoms. The topological polar surface area (TPSA) is 62.5 Å². The number of nitrogens with one attached hydrogen (secondary N) is 1. The molecule has 4 nitrogen and oxygen atoms in total. The molecule has 3 heterocycles. The van der Waals surface area contributed by atoms with E-state index in [1.807, 2.05) is 17.5 Å². The molecule has 0 aromatic carbocycles. The monoisotopic (exact) mass is 353 g/mol. The summed E-state index contributed by atoms with van der Waals surface area (Å²) in [5.41, 5.74) is -0.725. The lowest BCUT2D eigenvalue weighted by atomic mass is 9.94. The molecule has 0 radical (unpaired) electrons. The third-order valence-electron chi connectivity index (χ3n) is 3.23. The molecule has 0 aliphatic carbocycles. The Kier molecular flexibility index (Phi) is 4.35. The van der Waals surface area contributed by atoms with E-state index in [0.717, 1.165) is 4.88 Å². The van der Waals surface area contributed by atoms with Gasteiger partial charge in [-0.3, -0.25) is 4.79 Å². The maximum Gasteiger partial charge on any atom is 0.261 e. The first-order valence-electron chi connectivity index (χ1n) is 6.42. The van der Waals surface area contributed by atoms with Crippen molar-refractivity contribution >= 4 is 40.2 Å². The summed E-state index contributed by atoms with van der Waals surface area (Å²) >= 11 is 8.45. The van der Waals surface area contributed by atoms with Gasteiger partial charge in [-0.1, -0.05) is 17.7 Å². The van der Waals surface area contributed by atoms with Crippen LogP contribution in [0.4, 0.5) is 0 Å². The largest absolute Gasteiger partial charge is 0.472 e. The van der Waals surface area contributed by atoms with Crippen LogP contribution in [0.3, 0.4) is 0 Å². The molecule has 0 aliphatic rings. The molecule has 114 valence electrons. The van der Waals surface area contributed by atoms with Crippen LogP contribution in [-0.4, -0.2) is 17.6 Å². The quantitative estimate of drug-likeness (QED) is 0.734. The Morgan fingerprint density at radius 1 is 1.36 bits per heavy atom. The van der Waals surface area contributed by atoms with Gasteiger partial charge >= 0.3 is 0 Å². The highest BCUT2D eigenvalue weighted by atomic mass is 35.5. The van der Waals surface area contributed by atoms with E-state index in [9.17, 15) is 9.90 Å². The fraction of sp³-hybridized carbons (Fsp3) is 0.133. The lowest BCUT2D eigenvalue weighted by Gasteiger charge is -2.26. The maximum absolute atomic E-state index is 12.2. The van der Waals surface area contributed by atoms with Gasteiger partial charge < -0.3 is 14.8 Å². The van der Waals surface area contributed by atoms with Crippen LogP contribution in [0.5, 0.6) is 0 Å². The van der Waals surface area contributed by atoms with E-state index in [-0.39, 0.29) is 12.5 Å². The van der Waals surface area contributed by atoms with E-state index in [2.05, 4.69) is 5.32 Å². The summed E-state index contributed by atoms with van der Waals surface area (Å²) in [4.78, 5) is 13.4. The van der Waals surface area contributed by atoms with Crippen LogP contribution in [0.2, 0.25) is 4.34 Å². The minimum atomic E-state index is -1.32. The van der Waals surface area contributed by atoms with Crippen LogP contribution in [0.25, 0.3) is 0 Å². The molecule has 3 aromatic heterocycles. The molecule has 0 saturated heterocycles. The molecule has 0 bridgehead atoms. The molecule has 3 rings (SSSR count). The summed E-state index contributed by atoms with van der Waals surface area (Å²) in [6.07, 6.45) is 2.97. The van der Waals surface area contributed by atoms with E-state index >= 15 is 0 Å². The second-order valence-corrected chi connectivity index (χ2v) is 7.30. The van der Waals surface area contributed by atoms with Crippen LogP contribution in [0, 0.1) is 0 Å². The van der Waals surface area contributed by atoms with Gasteiger partial charge in [-0.15, -0.1) is 22.7 Å². The van der Waals surface area contributed by atoms with Crippen LogP contribution in [-0.2, 0) is 5.60 Å². The first-order chi connectivity index (χ1) is 10.6. The number of thiophene rings is 2. The van der Waals surface area contributed by atoms with Crippen molar-refractivity contribution in [2.75, 3.05) is 6.54 Å². The lowest BCUT2D eigenvalue weighted by molar-refractivity contribution is 0.0716. The fourth-order valence-electron chi connectivity index (χ4n) is 2.08. The number of carbonyl (C=O) groups is 1. The number of rotatable bonds is 5. The van der Waals surface area contributed by atoms with Crippen molar-refractivity contribution in [2.24, 2.45) is 0 Å². The SMILES string of the molecule is O=C(NC[C@@](O)(c1ccoc1)c1cccs1)c1ccc(Cl)s1. The maximum atomic E-state index is 12.2. The van der Waals surface area contributed by atoms with Gasteiger partial charge in [0.15, 0.2) is 0 Å². The molecule has 0 unspecified atom stereocenters. The lowest BCUT2D eigenvalue weighted by Crippen LogP contribution is -2.40. The summed E-state index contributed by atoms with van der Waals surface area (Å²) in [5.74, 6) is -0.268. The predicted octanol–water partition coefficient (Wildman–Crippen LogP) is 3.72. The van der Waals surface area contributed by atoms with Crippen LogP contribution in [0.15, 0.2) is 52.7 Å². The number of hydrogen-bond acceptors (Lipinski definition) is 5. The van der Waals surface area contributed by atoms with Gasteiger partial charge in [-0.2, -0.15) is 0 Å². The zero-order valence-electron chi connectivity index (χ0n) is 11.3. The number of halogens is 1. The molecule has 0 fully saturated rings. The normalized spacial score (nSPS) is 13.7. The second kappa shape index (κ2) is 6.26. The van der Waals surface area contributed by atoms with Crippen molar-refractivity contribution in [3.63, 3.8) is 0 Å². The zero-order chi connectivity index (χ0) is 15.6. The van der Waals surface area contributed by atoms with E-state index in [4.69, 9.17) is 16.0 Å². The van der Waals surface area contributed by atoms with Crippen LogP contribution in [0.1, 0.15) is 20.1 Å². The molecule has 0 spiro atoms. The number of aliphatic hydroxyl groups is 1. The summed E-state index contributed by atoms with van der Waals surface area (Å²) in [6, 6.07) is 8.69. The minimum Gasteiger partial charge on any atom is -0.472 e. The van der Waals surface area contributed by atoms with Gasteiger partial charge in [0.25, 0.3) is 5.91 Å². The molecule has 7 heteroatoms. The van der Waals surface area contributed by atoms with Gasteiger partial charge in [-0.25, -0.2) is 0 Å². The van der Waals surface area contributed by atoms with Crippen molar-refractivity contribution in [2.45, 2.75) is 5.60 Å². The fourth-order valence-corrected chi connectivity index (χ4v) is 3.88. The first-order valence-corrected chi connectivity index (χ1v) is 8.49. The summed E-state index contributed by atoms with van der Waals surface area (Å²) < 4.78 is 5.62. The van der Waals surface area contributed by atoms with Crippen molar-refractivity contribution in [1.82, 2.24) is 5.32 Å². The van der Waals surface area contributed by atoms with Crippen LogP contribution < -0.4 is 5.32 Å². The van der Waals surface area contributed by atoms with Crippen molar-refractivity contribution in [1.29, 1.82) is 0 Å². The Morgan fingerprint density at radius 3 is 2.82 bits per heavy atom. The van der Waals surface area contributed by atoms with E-state index in [1.54, 1.807) is 18.2 Å². The number of amides is 1. The van der Waals surface area contributed by atoms with Gasteiger partial charge in [0, 0.05) is 10.4 Å². The number of hydrogen-bond donors (Lipinski definition) is 2. The van der Waals surface area contributed by atoms with Gasteiger partial charge in [0.05, 0.1) is 28.3 Å². The third-order valence-corrected chi connectivity index (χ3v) is 5.48. The Morgan fingerprint density at radius 2 is 2.23 bits per heavy atom. The minimum absolute atomic E-state index is 0.0431. The van der Waals surface area contributed by atoms with Crippen molar-refractivity contribution in [3.8, 4) is 0 Å². The third kappa shape index (κ3) is 2.96. The standard InChI is InChI=1S/C15H12ClNO3S2/c16-13-4-3-11(22-13)14(18)17-9-15(19,10-5-6-20-8-10)12-2-1-7-21-12/h1-8,19H,9H2,(H,17,18)/t15-/m1/s1. The van der Waals surface area contributed by atoms with Gasteiger partial charge in [-0.05, 0) is 29.6 Å². The van der Waals surface area contributed by atoms with E-state index in [1.165, 1.54) is 35.2 Å². The highest BCUT2D eigenvalue weighted by molar-refractivity contribution is 7.18. The predicted molar refractivity (Wildman–Crippen MR) is 87.7 cm³/mol. The molecular formula is C15H12ClNO3S2. The Bertz CT molecular complexity index is 715. The summed E-state index contributed by atoms with van der Waals surface area (Å²) in [6.45, 7) is 0.0431. The van der Waals surface area contributed by atoms with Crippen molar-refractivity contribution in [3.05, 3.63) is 67.9 Å². The molecule has 3 aromatic rings. The molecule has 0 saturated carbocycles. The zero-order valence-corrected chi connectivity index (χ0v) is 13.7. The Balaban J connectivity index is 1.81. The molecule has 2 N–H and O–H groups in total. The molecule has 1 amide bonds. The number of furan rings is 1. The van der Waals surface area contributed by atoms with Gasteiger partial charge in [0.2, 0.25) is 0 Å². The summed E-state index contributed by atoms with van der Waals surface area (Å²) in [5, 5.41) is 15.7. The van der Waals surface area contributed by atoms with E-state index < -0.39 is 5.60 Å². The van der Waals surface area contributed by atoms with E-state index in [0.29, 0.717) is 14.8 Å². The highest BCUT2D eigenvalue weighted by Gasteiger charge is 2.34. The first kappa shape index (κ1) is 15.3. The van der Waals surface area contributed by atoms with Crippen molar-refractivity contribution < 1.29 is 14.3 Å². The Labute approximate surface area is 140 Å². The second-order valence-electron chi connectivity index (χ2n) is 4.64. The average Bonchev–Trinajstić information content (AvgIpc) is 3.24. The molecule has 1 atom stereocenters. The van der Waals surface area contributed by atoms with Gasteiger partial charge in [0.1, 0.15) is 5.60 Å².